The molecule has 1 heterocycles. The summed E-state index contributed by atoms with van der Waals surface area (Å²) >= 11 is 11.7. The number of halogens is 2. The van der Waals surface area contributed by atoms with Crippen LogP contribution in [0.15, 0.2) is 42.7 Å². The number of amides is 1. The first kappa shape index (κ1) is 11.9. The molecule has 17 heavy (non-hydrogen) atoms. The van der Waals surface area contributed by atoms with E-state index < -0.39 is 0 Å². The predicted octanol–water partition coefficient (Wildman–Crippen LogP) is 3.64. The van der Waals surface area contributed by atoms with Gasteiger partial charge in [-0.1, -0.05) is 23.2 Å². The lowest BCUT2D eigenvalue weighted by Crippen LogP contribution is -2.12. The summed E-state index contributed by atoms with van der Waals surface area (Å²) in [6.07, 6.45) is 3.09. The molecule has 0 unspecified atom stereocenters. The van der Waals surface area contributed by atoms with Gasteiger partial charge in [0.1, 0.15) is 0 Å². The smallest absolute Gasteiger partial charge is 0.257 e. The summed E-state index contributed by atoms with van der Waals surface area (Å²) in [6, 6.07) is 8.25. The van der Waals surface area contributed by atoms with Crippen LogP contribution in [0.1, 0.15) is 10.4 Å². The number of benzene rings is 1. The Balaban J connectivity index is 2.19. The lowest BCUT2D eigenvalue weighted by Gasteiger charge is -2.06. The number of hydrogen-bond donors (Lipinski definition) is 1. The largest absolute Gasteiger partial charge is 0.321 e. The van der Waals surface area contributed by atoms with E-state index in [0.717, 1.165) is 0 Å². The normalized spacial score (nSPS) is 10.0. The maximum atomic E-state index is 11.8. The molecule has 3 nitrogen and oxygen atoms in total. The molecule has 0 saturated heterocycles. The number of hydrogen-bond acceptors (Lipinski definition) is 2. The maximum Gasteiger partial charge on any atom is 0.257 e. The van der Waals surface area contributed by atoms with Gasteiger partial charge in [-0.25, -0.2) is 0 Å². The summed E-state index contributed by atoms with van der Waals surface area (Å²) in [6.45, 7) is 0. The highest BCUT2D eigenvalue weighted by atomic mass is 35.5. The molecule has 0 atom stereocenters. The van der Waals surface area contributed by atoms with Crippen molar-refractivity contribution in [1.82, 2.24) is 4.98 Å². The average Bonchev–Trinajstić information content (AvgIpc) is 2.34. The first-order chi connectivity index (χ1) is 8.16. The van der Waals surface area contributed by atoms with Crippen LogP contribution in [-0.4, -0.2) is 10.9 Å². The van der Waals surface area contributed by atoms with Gasteiger partial charge in [-0.2, -0.15) is 0 Å². The van der Waals surface area contributed by atoms with Crippen molar-refractivity contribution in [2.75, 3.05) is 5.32 Å². The second-order valence-electron chi connectivity index (χ2n) is 3.32. The number of pyridine rings is 1. The zero-order chi connectivity index (χ0) is 12.3. The minimum Gasteiger partial charge on any atom is -0.321 e. The number of aromatic nitrogens is 1. The lowest BCUT2D eigenvalue weighted by atomic mass is 10.2. The van der Waals surface area contributed by atoms with Crippen molar-refractivity contribution < 1.29 is 4.79 Å². The van der Waals surface area contributed by atoms with Crippen molar-refractivity contribution in [3.63, 3.8) is 0 Å². The first-order valence-electron chi connectivity index (χ1n) is 4.83. The highest BCUT2D eigenvalue weighted by Crippen LogP contribution is 2.25. The quantitative estimate of drug-likeness (QED) is 0.902. The van der Waals surface area contributed by atoms with Crippen molar-refractivity contribution in [2.45, 2.75) is 0 Å². The number of rotatable bonds is 2. The fourth-order valence-electron chi connectivity index (χ4n) is 1.28. The molecular formula is C12H8Cl2N2O. The fourth-order valence-corrected chi connectivity index (χ4v) is 1.74. The van der Waals surface area contributed by atoms with E-state index in [9.17, 15) is 4.79 Å². The van der Waals surface area contributed by atoms with Crippen LogP contribution in [-0.2, 0) is 0 Å². The maximum absolute atomic E-state index is 11.8. The van der Waals surface area contributed by atoms with Gasteiger partial charge in [0.25, 0.3) is 5.91 Å². The molecule has 0 spiro atoms. The SMILES string of the molecule is O=C(Nc1ccc(Cl)cc1Cl)c1cccnc1. The Hall–Kier alpha value is -1.58. The van der Waals surface area contributed by atoms with E-state index in [1.165, 1.54) is 6.20 Å². The zero-order valence-electron chi connectivity index (χ0n) is 8.65. The van der Waals surface area contributed by atoms with Crippen molar-refractivity contribution in [3.8, 4) is 0 Å². The molecule has 1 aromatic carbocycles. The van der Waals surface area contributed by atoms with Crippen molar-refractivity contribution in [2.24, 2.45) is 0 Å². The predicted molar refractivity (Wildman–Crippen MR) is 68.7 cm³/mol. The van der Waals surface area contributed by atoms with Crippen LogP contribution in [0, 0.1) is 0 Å². The summed E-state index contributed by atoms with van der Waals surface area (Å²) in [7, 11) is 0. The van der Waals surface area contributed by atoms with Crippen LogP contribution in [0.2, 0.25) is 10.0 Å². The van der Waals surface area contributed by atoms with Gasteiger partial charge < -0.3 is 5.32 Å². The van der Waals surface area contributed by atoms with E-state index in [-0.39, 0.29) is 5.91 Å². The van der Waals surface area contributed by atoms with E-state index >= 15 is 0 Å². The number of nitrogens with one attached hydrogen (secondary N) is 1. The average molecular weight is 267 g/mol. The zero-order valence-corrected chi connectivity index (χ0v) is 10.2. The summed E-state index contributed by atoms with van der Waals surface area (Å²) in [4.78, 5) is 15.7. The van der Waals surface area contributed by atoms with E-state index in [1.54, 1.807) is 36.5 Å². The Labute approximate surface area is 108 Å². The molecule has 0 saturated carbocycles. The Bertz CT molecular complexity index is 543. The highest BCUT2D eigenvalue weighted by Gasteiger charge is 2.08. The molecule has 0 bridgehead atoms. The van der Waals surface area contributed by atoms with Gasteiger partial charge in [0, 0.05) is 17.4 Å². The van der Waals surface area contributed by atoms with E-state index in [1.807, 2.05) is 0 Å². The summed E-state index contributed by atoms with van der Waals surface area (Å²) < 4.78 is 0. The topological polar surface area (TPSA) is 42.0 Å². The van der Waals surface area contributed by atoms with Gasteiger partial charge in [0.2, 0.25) is 0 Å². The summed E-state index contributed by atoms with van der Waals surface area (Å²) in [5, 5.41) is 3.60. The first-order valence-corrected chi connectivity index (χ1v) is 5.59. The monoisotopic (exact) mass is 266 g/mol. The van der Waals surface area contributed by atoms with Crippen LogP contribution >= 0.6 is 23.2 Å². The van der Waals surface area contributed by atoms with E-state index in [0.29, 0.717) is 21.3 Å². The molecule has 5 heteroatoms. The van der Waals surface area contributed by atoms with E-state index in [4.69, 9.17) is 23.2 Å². The van der Waals surface area contributed by atoms with Crippen LogP contribution in [0.25, 0.3) is 0 Å². The van der Waals surface area contributed by atoms with Gasteiger partial charge in [0.05, 0.1) is 16.3 Å². The lowest BCUT2D eigenvalue weighted by molar-refractivity contribution is 0.102. The van der Waals surface area contributed by atoms with Crippen molar-refractivity contribution in [1.29, 1.82) is 0 Å². The standard InChI is InChI=1S/C12H8Cl2N2O/c13-9-3-4-11(10(14)6-9)16-12(17)8-2-1-5-15-7-8/h1-7H,(H,16,17). The molecule has 0 aliphatic rings. The second-order valence-corrected chi connectivity index (χ2v) is 4.16. The molecule has 2 rings (SSSR count). The van der Waals surface area contributed by atoms with E-state index in [2.05, 4.69) is 10.3 Å². The number of carbonyl (C=O) groups excluding carboxylic acids is 1. The Kier molecular flexibility index (Phi) is 3.61. The van der Waals surface area contributed by atoms with Gasteiger partial charge >= 0.3 is 0 Å². The van der Waals surface area contributed by atoms with Gasteiger partial charge in [-0.3, -0.25) is 9.78 Å². The van der Waals surface area contributed by atoms with Crippen LogP contribution in [0.3, 0.4) is 0 Å². The summed E-state index contributed by atoms with van der Waals surface area (Å²) in [5.41, 5.74) is 0.989. The molecule has 0 radical (unpaired) electrons. The van der Waals surface area contributed by atoms with Crippen molar-refractivity contribution >= 4 is 34.8 Å². The molecule has 1 amide bonds. The minimum absolute atomic E-state index is 0.262. The Morgan fingerprint density at radius 2 is 2.06 bits per heavy atom. The van der Waals surface area contributed by atoms with Crippen LogP contribution in [0.4, 0.5) is 5.69 Å². The van der Waals surface area contributed by atoms with Crippen molar-refractivity contribution in [3.05, 3.63) is 58.3 Å². The number of carbonyl (C=O) groups is 1. The Morgan fingerprint density at radius 1 is 1.24 bits per heavy atom. The molecule has 0 aliphatic heterocycles. The van der Waals surface area contributed by atoms with Crippen LogP contribution in [0.5, 0.6) is 0 Å². The second kappa shape index (κ2) is 5.17. The van der Waals surface area contributed by atoms with Gasteiger partial charge in [0.15, 0.2) is 0 Å². The van der Waals surface area contributed by atoms with Crippen LogP contribution < -0.4 is 5.32 Å². The molecule has 1 aromatic heterocycles. The third kappa shape index (κ3) is 2.96. The third-order valence-corrected chi connectivity index (χ3v) is 2.65. The third-order valence-electron chi connectivity index (χ3n) is 2.10. The molecule has 0 aliphatic carbocycles. The molecule has 86 valence electrons. The molecule has 1 N–H and O–H groups in total. The number of nitrogens with zero attached hydrogens (tertiary/aromatic N) is 1. The van der Waals surface area contributed by atoms with Gasteiger partial charge in [-0.15, -0.1) is 0 Å². The number of anilines is 1. The Morgan fingerprint density at radius 3 is 2.71 bits per heavy atom. The van der Waals surface area contributed by atoms with Gasteiger partial charge in [-0.05, 0) is 30.3 Å². The minimum atomic E-state index is -0.262. The molecule has 2 aromatic rings. The molecule has 0 fully saturated rings. The highest BCUT2D eigenvalue weighted by molar-refractivity contribution is 6.36. The molecular weight excluding hydrogens is 259 g/mol. The summed E-state index contributed by atoms with van der Waals surface area (Å²) in [5.74, 6) is -0.262. The fraction of sp³-hybridized carbons (Fsp3) is 0.